The lowest BCUT2D eigenvalue weighted by atomic mass is 10.0. The van der Waals surface area contributed by atoms with Crippen molar-refractivity contribution in [2.45, 2.75) is 13.0 Å². The molecule has 78 valence electrons. The van der Waals surface area contributed by atoms with E-state index >= 15 is 0 Å². The monoisotopic (exact) mass is 215 g/mol. The van der Waals surface area contributed by atoms with E-state index in [-0.39, 0.29) is 5.75 Å². The van der Waals surface area contributed by atoms with Crippen LogP contribution in [-0.2, 0) is 0 Å². The molecule has 0 spiro atoms. The topological polar surface area (TPSA) is 52.5 Å². The smallest absolute Gasteiger partial charge is 0.125 e. The van der Waals surface area contributed by atoms with Crippen LogP contribution in [0.3, 0.4) is 0 Å². The second-order valence-corrected chi connectivity index (χ2v) is 3.61. The van der Waals surface area contributed by atoms with Gasteiger partial charge in [0.2, 0.25) is 0 Å². The highest BCUT2D eigenvalue weighted by atomic mass is 35.5. The summed E-state index contributed by atoms with van der Waals surface area (Å²) >= 11 is 5.88. The summed E-state index contributed by atoms with van der Waals surface area (Å²) in [6, 6.07) is 3.39. The number of hydrogen-bond donors (Lipinski definition) is 3. The second kappa shape index (κ2) is 4.64. The standard InChI is InChI=1S/C10H14ClNO2/c1-6-3-4-7(11)9(10(6)14)8(13)5-12-2/h3-4,8,12-14H,5H2,1-2H3. The Morgan fingerprint density at radius 3 is 2.71 bits per heavy atom. The zero-order valence-corrected chi connectivity index (χ0v) is 8.97. The van der Waals surface area contributed by atoms with Crippen LogP contribution in [-0.4, -0.2) is 23.8 Å². The fourth-order valence-corrected chi connectivity index (χ4v) is 1.58. The summed E-state index contributed by atoms with van der Waals surface area (Å²) in [4.78, 5) is 0. The summed E-state index contributed by atoms with van der Waals surface area (Å²) in [6.45, 7) is 2.12. The molecule has 1 unspecified atom stereocenters. The van der Waals surface area contributed by atoms with E-state index < -0.39 is 6.10 Å². The summed E-state index contributed by atoms with van der Waals surface area (Å²) < 4.78 is 0. The first kappa shape index (κ1) is 11.3. The maximum Gasteiger partial charge on any atom is 0.125 e. The largest absolute Gasteiger partial charge is 0.507 e. The lowest BCUT2D eigenvalue weighted by molar-refractivity contribution is 0.174. The second-order valence-electron chi connectivity index (χ2n) is 3.20. The maximum atomic E-state index is 9.70. The third kappa shape index (κ3) is 2.18. The molecule has 4 heteroatoms. The van der Waals surface area contributed by atoms with Gasteiger partial charge in [-0.3, -0.25) is 0 Å². The number of phenolic OH excluding ortho intramolecular Hbond substituents is 1. The molecule has 1 aromatic rings. The average Bonchev–Trinajstić information content (AvgIpc) is 2.13. The lowest BCUT2D eigenvalue weighted by Gasteiger charge is -2.15. The molecule has 0 aromatic heterocycles. The minimum Gasteiger partial charge on any atom is -0.507 e. The molecule has 14 heavy (non-hydrogen) atoms. The van der Waals surface area contributed by atoms with Gasteiger partial charge >= 0.3 is 0 Å². The van der Waals surface area contributed by atoms with Gasteiger partial charge in [0.05, 0.1) is 11.1 Å². The zero-order valence-electron chi connectivity index (χ0n) is 8.21. The van der Waals surface area contributed by atoms with E-state index in [2.05, 4.69) is 5.32 Å². The number of likely N-dealkylation sites (N-methyl/N-ethyl adjacent to an activating group) is 1. The number of halogens is 1. The molecule has 0 fully saturated rings. The molecule has 1 aromatic carbocycles. The highest BCUT2D eigenvalue weighted by molar-refractivity contribution is 6.31. The molecule has 0 saturated carbocycles. The van der Waals surface area contributed by atoms with Crippen molar-refractivity contribution in [1.29, 1.82) is 0 Å². The fourth-order valence-electron chi connectivity index (χ4n) is 1.30. The SMILES string of the molecule is CNCC(O)c1c(Cl)ccc(C)c1O. The number of aromatic hydroxyl groups is 1. The van der Waals surface area contributed by atoms with Crippen LogP contribution >= 0.6 is 11.6 Å². The van der Waals surface area contributed by atoms with Crippen LogP contribution in [0.5, 0.6) is 5.75 Å². The highest BCUT2D eigenvalue weighted by Gasteiger charge is 2.16. The van der Waals surface area contributed by atoms with Gasteiger partial charge in [-0.15, -0.1) is 0 Å². The molecule has 3 nitrogen and oxygen atoms in total. The van der Waals surface area contributed by atoms with Gasteiger partial charge in [0.15, 0.2) is 0 Å². The van der Waals surface area contributed by atoms with Crippen LogP contribution in [0.1, 0.15) is 17.2 Å². The van der Waals surface area contributed by atoms with Crippen LogP contribution in [0.4, 0.5) is 0 Å². The van der Waals surface area contributed by atoms with Crippen molar-refractivity contribution >= 4 is 11.6 Å². The number of aryl methyl sites for hydroxylation is 1. The normalized spacial score (nSPS) is 12.9. The van der Waals surface area contributed by atoms with Crippen molar-refractivity contribution in [3.05, 3.63) is 28.3 Å². The van der Waals surface area contributed by atoms with E-state index in [1.165, 1.54) is 0 Å². The van der Waals surface area contributed by atoms with Crippen molar-refractivity contribution in [3.63, 3.8) is 0 Å². The molecule has 0 aliphatic rings. The Bertz CT molecular complexity index is 328. The van der Waals surface area contributed by atoms with Gasteiger partial charge in [0.25, 0.3) is 0 Å². The minimum absolute atomic E-state index is 0.0697. The predicted molar refractivity (Wildman–Crippen MR) is 56.7 cm³/mol. The molecule has 1 atom stereocenters. The number of phenols is 1. The molecule has 0 amide bonds. The van der Waals surface area contributed by atoms with Crippen molar-refractivity contribution < 1.29 is 10.2 Å². The minimum atomic E-state index is -0.785. The number of nitrogens with one attached hydrogen (secondary N) is 1. The van der Waals surface area contributed by atoms with Gasteiger partial charge in [-0.1, -0.05) is 17.7 Å². The van der Waals surface area contributed by atoms with Crippen LogP contribution in [0, 0.1) is 6.92 Å². The predicted octanol–water partition coefficient (Wildman–Crippen LogP) is 1.61. The first-order valence-corrected chi connectivity index (χ1v) is 4.76. The molecular weight excluding hydrogens is 202 g/mol. The Morgan fingerprint density at radius 2 is 2.14 bits per heavy atom. The Labute approximate surface area is 88.3 Å². The van der Waals surface area contributed by atoms with E-state index in [1.54, 1.807) is 26.1 Å². The molecule has 0 heterocycles. The highest BCUT2D eigenvalue weighted by Crippen LogP contribution is 2.33. The van der Waals surface area contributed by atoms with E-state index in [0.717, 1.165) is 0 Å². The average molecular weight is 216 g/mol. The Morgan fingerprint density at radius 1 is 1.50 bits per heavy atom. The quantitative estimate of drug-likeness (QED) is 0.718. The number of aliphatic hydroxyl groups is 1. The van der Waals surface area contributed by atoms with E-state index in [4.69, 9.17) is 11.6 Å². The zero-order chi connectivity index (χ0) is 10.7. The summed E-state index contributed by atoms with van der Waals surface area (Å²) in [5, 5.41) is 22.6. The summed E-state index contributed by atoms with van der Waals surface area (Å²) in [7, 11) is 1.73. The fraction of sp³-hybridized carbons (Fsp3) is 0.400. The van der Waals surface area contributed by atoms with Crippen molar-refractivity contribution in [2.24, 2.45) is 0 Å². The van der Waals surface area contributed by atoms with Gasteiger partial charge in [-0.05, 0) is 25.6 Å². The van der Waals surface area contributed by atoms with Crippen LogP contribution in [0.2, 0.25) is 5.02 Å². The van der Waals surface area contributed by atoms with E-state index in [1.807, 2.05) is 0 Å². The van der Waals surface area contributed by atoms with Crippen molar-refractivity contribution in [1.82, 2.24) is 5.32 Å². The molecule has 1 rings (SSSR count). The van der Waals surface area contributed by atoms with E-state index in [0.29, 0.717) is 22.7 Å². The third-order valence-electron chi connectivity index (χ3n) is 2.10. The summed E-state index contributed by atoms with van der Waals surface area (Å²) in [5.74, 6) is 0.0697. The Hall–Kier alpha value is -0.770. The molecule has 0 radical (unpaired) electrons. The van der Waals surface area contributed by atoms with Crippen LogP contribution in [0.25, 0.3) is 0 Å². The first-order chi connectivity index (χ1) is 6.57. The summed E-state index contributed by atoms with van der Waals surface area (Å²) in [5.41, 5.74) is 1.10. The lowest BCUT2D eigenvalue weighted by Crippen LogP contribution is -2.17. The Kier molecular flexibility index (Phi) is 3.75. The summed E-state index contributed by atoms with van der Waals surface area (Å²) in [6.07, 6.45) is -0.785. The Balaban J connectivity index is 3.11. The van der Waals surface area contributed by atoms with Gasteiger partial charge in [-0.2, -0.15) is 0 Å². The van der Waals surface area contributed by atoms with Crippen LogP contribution in [0.15, 0.2) is 12.1 Å². The number of aliphatic hydroxyl groups excluding tert-OH is 1. The van der Waals surface area contributed by atoms with Gasteiger partial charge in [0, 0.05) is 12.1 Å². The molecule has 0 saturated heterocycles. The molecule has 0 aliphatic carbocycles. The molecular formula is C10H14ClNO2. The first-order valence-electron chi connectivity index (χ1n) is 4.38. The number of hydrogen-bond acceptors (Lipinski definition) is 3. The van der Waals surface area contributed by atoms with Gasteiger partial charge in [-0.25, -0.2) is 0 Å². The molecule has 3 N–H and O–H groups in total. The maximum absolute atomic E-state index is 9.70. The number of rotatable bonds is 3. The molecule has 0 aliphatic heterocycles. The third-order valence-corrected chi connectivity index (χ3v) is 2.43. The van der Waals surface area contributed by atoms with E-state index in [9.17, 15) is 10.2 Å². The van der Waals surface area contributed by atoms with Crippen LogP contribution < -0.4 is 5.32 Å². The van der Waals surface area contributed by atoms with Gasteiger partial charge < -0.3 is 15.5 Å². The van der Waals surface area contributed by atoms with Gasteiger partial charge in [0.1, 0.15) is 5.75 Å². The van der Waals surface area contributed by atoms with Crippen molar-refractivity contribution in [2.75, 3.05) is 13.6 Å². The van der Waals surface area contributed by atoms with Crippen molar-refractivity contribution in [3.8, 4) is 5.75 Å². The number of benzene rings is 1. The molecule has 0 bridgehead atoms.